The van der Waals surface area contributed by atoms with E-state index in [1.807, 2.05) is 0 Å². The molecule has 0 fully saturated rings. The fourth-order valence-corrected chi connectivity index (χ4v) is 0. The molecule has 0 heterocycles. The minimum absolute atomic E-state index is 0. The van der Waals surface area contributed by atoms with Gasteiger partial charge < -0.3 is 0 Å². The third kappa shape index (κ3) is 9.10. The predicted octanol–water partition coefficient (Wildman–Crippen LogP) is -3.29. The molecule has 0 saturated heterocycles. The summed E-state index contributed by atoms with van der Waals surface area (Å²) in [5.41, 5.74) is 0. The number of hydrogen-bond donors (Lipinski definition) is 0. The van der Waals surface area contributed by atoms with E-state index in [4.69, 9.17) is 0 Å². The van der Waals surface area contributed by atoms with E-state index in [1.54, 1.807) is 0 Å². The summed E-state index contributed by atoms with van der Waals surface area (Å²) in [6.45, 7) is 0. The quantitative estimate of drug-likeness (QED) is 0.298. The van der Waals surface area contributed by atoms with Crippen molar-refractivity contribution in [1.29, 1.82) is 0 Å². The molecule has 0 amide bonds. The second kappa shape index (κ2) is 20.8. The Hall–Kier alpha value is 1.88. The van der Waals surface area contributed by atoms with Crippen LogP contribution < -0.4 is 0 Å². The summed E-state index contributed by atoms with van der Waals surface area (Å²) >= 11 is 0. The average Bonchev–Trinajstić information content (AvgIpc) is 0. The Morgan fingerprint density at radius 3 is 1.00 bits per heavy atom. The van der Waals surface area contributed by atoms with Crippen molar-refractivity contribution in [2.75, 3.05) is 0 Å². The molecule has 0 aromatic rings. The minimum Gasteiger partial charge on any atom is 0 e. The van der Waals surface area contributed by atoms with Gasteiger partial charge in [-0.3, -0.25) is 0 Å². The van der Waals surface area contributed by atoms with Crippen molar-refractivity contribution < 1.29 is 17.1 Å². The molecule has 0 bridgehead atoms. The van der Waals surface area contributed by atoms with Gasteiger partial charge in [0.15, 0.2) is 17.4 Å². The molecule has 0 saturated carbocycles. The van der Waals surface area contributed by atoms with Crippen LogP contribution in [0.3, 0.4) is 0 Å². The van der Waals surface area contributed by atoms with Gasteiger partial charge in [0.1, 0.15) is 0 Å². The summed E-state index contributed by atoms with van der Waals surface area (Å²) in [4.78, 5) is 0. The van der Waals surface area contributed by atoms with Gasteiger partial charge in [-0.25, -0.2) is 0 Å². The smallest absolute Gasteiger partial charge is 0 e. The molecule has 4 heavy (non-hydrogen) atoms. The fourth-order valence-electron chi connectivity index (χ4n) is 0. The summed E-state index contributed by atoms with van der Waals surface area (Å²) in [6, 6.07) is 0. The van der Waals surface area contributed by atoms with E-state index in [0.29, 0.717) is 0 Å². The largest absolute Gasteiger partial charge is 0.316 e. The SMILES string of the molecule is B.[AlH3].[Fe].[MgH2]. The van der Waals surface area contributed by atoms with Gasteiger partial charge in [0.2, 0.25) is 0 Å². The van der Waals surface area contributed by atoms with E-state index in [1.165, 1.54) is 0 Å². The summed E-state index contributed by atoms with van der Waals surface area (Å²) in [5, 5.41) is 0. The topological polar surface area (TPSA) is 0 Å². The molecule has 0 N–H and O–H groups in total. The molecule has 0 spiro atoms. The molecule has 0 atom stereocenters. The van der Waals surface area contributed by atoms with E-state index < -0.39 is 0 Å². The predicted molar refractivity (Wildman–Crippen MR) is 28.4 cm³/mol. The average molecular weight is 126 g/mol. The molecule has 0 radical (unpaired) electrons. The van der Waals surface area contributed by atoms with E-state index >= 15 is 0 Å². The molecule has 0 aromatic heterocycles. The van der Waals surface area contributed by atoms with E-state index in [9.17, 15) is 0 Å². The maximum absolute atomic E-state index is 0. The molecular formula is H8AlBFeMg. The maximum atomic E-state index is 0. The molecule has 0 aromatic carbocycles. The van der Waals surface area contributed by atoms with Crippen molar-refractivity contribution >= 4 is 48.8 Å². The Balaban J connectivity index is 0. The summed E-state index contributed by atoms with van der Waals surface area (Å²) in [6.07, 6.45) is 0. The van der Waals surface area contributed by atoms with Crippen LogP contribution in [0.25, 0.3) is 0 Å². The van der Waals surface area contributed by atoms with Gasteiger partial charge in [0.05, 0.1) is 8.41 Å². The van der Waals surface area contributed by atoms with Gasteiger partial charge >= 0.3 is 23.1 Å². The maximum Gasteiger partial charge on any atom is 0.316 e. The molecule has 0 rings (SSSR count). The Labute approximate surface area is 65.4 Å². The van der Waals surface area contributed by atoms with Crippen molar-refractivity contribution in [3.05, 3.63) is 0 Å². The first-order valence-electron chi connectivity index (χ1n) is 0. The molecule has 0 aliphatic heterocycles. The second-order valence-electron chi connectivity index (χ2n) is 0. The third-order valence-corrected chi connectivity index (χ3v) is 0. The summed E-state index contributed by atoms with van der Waals surface area (Å²) in [7, 11) is 0. The zero-order valence-corrected chi connectivity index (χ0v) is 1.46. The summed E-state index contributed by atoms with van der Waals surface area (Å²) in [5.74, 6) is 0. The normalized spacial score (nSPS) is 0. The summed E-state index contributed by atoms with van der Waals surface area (Å²) < 4.78 is 0. The second-order valence-corrected chi connectivity index (χ2v) is 0. The Kier molecular flexibility index (Phi) is 205. The van der Waals surface area contributed by atoms with Gasteiger partial charge in [-0.1, -0.05) is 0 Å². The Bertz CT molecular complexity index is 8.00. The molecule has 0 unspecified atom stereocenters. The molecule has 24 valence electrons. The molecule has 0 nitrogen and oxygen atoms in total. The third-order valence-electron chi connectivity index (χ3n) is 0. The molecule has 0 aliphatic carbocycles. The molecular weight excluding hydrogens is 118 g/mol. The van der Waals surface area contributed by atoms with Crippen molar-refractivity contribution in [2.24, 2.45) is 0 Å². The first kappa shape index (κ1) is 39.6. The Morgan fingerprint density at radius 1 is 1.00 bits per heavy atom. The number of rotatable bonds is 0. The van der Waals surface area contributed by atoms with Crippen LogP contribution in [0.2, 0.25) is 0 Å². The zero-order chi connectivity index (χ0) is 0. The monoisotopic (exact) mass is 126 g/mol. The van der Waals surface area contributed by atoms with Crippen LogP contribution in [0.15, 0.2) is 0 Å². The van der Waals surface area contributed by atoms with Crippen LogP contribution in [0.4, 0.5) is 0 Å². The first-order chi connectivity index (χ1) is 0. The van der Waals surface area contributed by atoms with Gasteiger partial charge in [0.25, 0.3) is 0 Å². The Morgan fingerprint density at radius 2 is 1.00 bits per heavy atom. The van der Waals surface area contributed by atoms with Gasteiger partial charge in [0, 0.05) is 17.1 Å². The molecule has 4 heteroatoms. The van der Waals surface area contributed by atoms with Gasteiger partial charge in [-0.15, -0.1) is 0 Å². The van der Waals surface area contributed by atoms with Crippen LogP contribution in [-0.4, -0.2) is 48.8 Å². The van der Waals surface area contributed by atoms with Crippen LogP contribution in [0, 0.1) is 0 Å². The van der Waals surface area contributed by atoms with Crippen molar-refractivity contribution in [3.8, 4) is 0 Å². The van der Waals surface area contributed by atoms with Crippen LogP contribution in [-0.2, 0) is 17.1 Å². The van der Waals surface area contributed by atoms with Crippen LogP contribution in [0.1, 0.15) is 0 Å². The number of hydrogen-bond acceptors (Lipinski definition) is 0. The van der Waals surface area contributed by atoms with E-state index in [0.717, 1.165) is 0 Å². The van der Waals surface area contributed by atoms with Crippen LogP contribution in [0.5, 0.6) is 0 Å². The van der Waals surface area contributed by atoms with Crippen molar-refractivity contribution in [3.63, 3.8) is 0 Å². The minimum atomic E-state index is 0. The van der Waals surface area contributed by atoms with Gasteiger partial charge in [-0.05, 0) is 0 Å². The van der Waals surface area contributed by atoms with E-state index in [2.05, 4.69) is 0 Å². The van der Waals surface area contributed by atoms with Crippen molar-refractivity contribution in [1.82, 2.24) is 0 Å². The fraction of sp³-hybridized carbons (Fsp3) is 0. The van der Waals surface area contributed by atoms with Gasteiger partial charge in [-0.2, -0.15) is 0 Å². The zero-order valence-electron chi connectivity index (χ0n) is 0.354. The van der Waals surface area contributed by atoms with E-state index in [-0.39, 0.29) is 65.9 Å². The van der Waals surface area contributed by atoms with Crippen LogP contribution >= 0.6 is 0 Å². The standard InChI is InChI=1S/Al.BH3.Fe.Mg.5H/h;1H3;;;;;;;. The molecule has 0 aliphatic rings. The first-order valence-corrected chi connectivity index (χ1v) is 0. The van der Waals surface area contributed by atoms with Crippen molar-refractivity contribution in [2.45, 2.75) is 0 Å².